The van der Waals surface area contributed by atoms with Crippen molar-refractivity contribution in [2.75, 3.05) is 18.5 Å². The maximum atomic E-state index is 12.3. The number of hydrogen-bond acceptors (Lipinski definition) is 5. The van der Waals surface area contributed by atoms with Crippen LogP contribution < -0.4 is 14.8 Å². The summed E-state index contributed by atoms with van der Waals surface area (Å²) >= 11 is 0.918. The average Bonchev–Trinajstić information content (AvgIpc) is 3.00. The number of anilines is 1. The van der Waals surface area contributed by atoms with E-state index in [0.717, 1.165) is 11.3 Å². The van der Waals surface area contributed by atoms with Crippen LogP contribution in [0.4, 0.5) is 5.69 Å². The molecule has 0 atom stereocenters. The summed E-state index contributed by atoms with van der Waals surface area (Å²) in [4.78, 5) is 23.6. The number of nitrogens with one attached hydrogen (secondary N) is 1. The quantitative estimate of drug-likeness (QED) is 0.809. The molecule has 0 saturated heterocycles. The molecule has 0 saturated carbocycles. The number of thiophene rings is 1. The van der Waals surface area contributed by atoms with Gasteiger partial charge in [0.2, 0.25) is 0 Å². The molecule has 7 heteroatoms. The van der Waals surface area contributed by atoms with Gasteiger partial charge in [0, 0.05) is 6.07 Å². The average molecular weight is 335 g/mol. The van der Waals surface area contributed by atoms with E-state index in [-0.39, 0.29) is 4.88 Å². The molecule has 2 N–H and O–H groups in total. The molecular formula is C16H17NO5S. The first-order valence-corrected chi connectivity index (χ1v) is 7.91. The predicted octanol–water partition coefficient (Wildman–Crippen LogP) is 3.50. The van der Waals surface area contributed by atoms with E-state index in [1.807, 2.05) is 13.8 Å². The van der Waals surface area contributed by atoms with Crippen LogP contribution in [-0.4, -0.2) is 30.2 Å². The number of rotatable bonds is 7. The summed E-state index contributed by atoms with van der Waals surface area (Å²) in [5, 5.41) is 11.7. The fourth-order valence-electron chi connectivity index (χ4n) is 1.90. The lowest BCUT2D eigenvalue weighted by molar-refractivity contribution is 0.0702. The van der Waals surface area contributed by atoms with Crippen LogP contribution in [0.3, 0.4) is 0 Å². The van der Waals surface area contributed by atoms with E-state index >= 15 is 0 Å². The zero-order chi connectivity index (χ0) is 16.8. The summed E-state index contributed by atoms with van der Waals surface area (Å²) in [5.74, 6) is -0.303. The zero-order valence-electron chi connectivity index (χ0n) is 12.8. The number of carbonyl (C=O) groups excluding carboxylic acids is 1. The van der Waals surface area contributed by atoms with Crippen LogP contribution in [0.5, 0.6) is 11.5 Å². The number of hydrogen-bond donors (Lipinski definition) is 2. The topological polar surface area (TPSA) is 84.9 Å². The van der Waals surface area contributed by atoms with E-state index in [1.54, 1.807) is 18.2 Å². The van der Waals surface area contributed by atoms with Crippen molar-refractivity contribution in [2.45, 2.75) is 13.8 Å². The highest BCUT2D eigenvalue weighted by Crippen LogP contribution is 2.30. The summed E-state index contributed by atoms with van der Waals surface area (Å²) in [5.41, 5.74) is 0.480. The number of carbonyl (C=O) groups is 2. The van der Waals surface area contributed by atoms with E-state index in [0.29, 0.717) is 35.3 Å². The van der Waals surface area contributed by atoms with Gasteiger partial charge in [-0.2, -0.15) is 0 Å². The lowest BCUT2D eigenvalue weighted by atomic mass is 10.2. The van der Waals surface area contributed by atoms with E-state index in [1.165, 1.54) is 12.1 Å². The van der Waals surface area contributed by atoms with Crippen molar-refractivity contribution in [1.82, 2.24) is 0 Å². The van der Waals surface area contributed by atoms with Crippen LogP contribution in [0.1, 0.15) is 33.2 Å². The summed E-state index contributed by atoms with van der Waals surface area (Å²) < 4.78 is 10.9. The van der Waals surface area contributed by atoms with Gasteiger partial charge >= 0.3 is 5.97 Å². The third kappa shape index (κ3) is 4.23. The van der Waals surface area contributed by atoms with Crippen molar-refractivity contribution in [2.24, 2.45) is 0 Å². The minimum Gasteiger partial charge on any atom is -0.494 e. The molecule has 1 amide bonds. The predicted molar refractivity (Wildman–Crippen MR) is 88.0 cm³/mol. The Morgan fingerprint density at radius 3 is 2.39 bits per heavy atom. The number of aromatic carboxylic acids is 1. The Balaban J connectivity index is 2.23. The Labute approximate surface area is 137 Å². The maximum absolute atomic E-state index is 12.3. The lowest BCUT2D eigenvalue weighted by Crippen LogP contribution is -2.11. The Hall–Kier alpha value is -2.54. The van der Waals surface area contributed by atoms with Crippen molar-refractivity contribution in [1.29, 1.82) is 0 Å². The van der Waals surface area contributed by atoms with Gasteiger partial charge in [-0.3, -0.25) is 4.79 Å². The number of carboxylic acid groups (broad SMARTS) is 1. The minimum atomic E-state index is -1.05. The number of benzene rings is 1. The van der Waals surface area contributed by atoms with Crippen LogP contribution in [0.15, 0.2) is 30.3 Å². The minimum absolute atomic E-state index is 0.114. The van der Waals surface area contributed by atoms with Crippen molar-refractivity contribution < 1.29 is 24.2 Å². The normalized spacial score (nSPS) is 10.2. The summed E-state index contributed by atoms with van der Waals surface area (Å²) in [7, 11) is 0. The molecule has 2 aromatic rings. The molecule has 1 heterocycles. The van der Waals surface area contributed by atoms with Gasteiger partial charge in [0.15, 0.2) is 0 Å². The van der Waals surface area contributed by atoms with Gasteiger partial charge in [0.25, 0.3) is 5.91 Å². The largest absolute Gasteiger partial charge is 0.494 e. The van der Waals surface area contributed by atoms with Gasteiger partial charge in [-0.25, -0.2) is 4.79 Å². The van der Waals surface area contributed by atoms with Gasteiger partial charge in [0.05, 0.1) is 23.8 Å². The van der Waals surface area contributed by atoms with E-state index in [2.05, 4.69) is 5.32 Å². The second kappa shape index (κ2) is 7.64. The van der Waals surface area contributed by atoms with Crippen LogP contribution in [0.25, 0.3) is 0 Å². The van der Waals surface area contributed by atoms with Gasteiger partial charge < -0.3 is 19.9 Å². The molecule has 0 spiro atoms. The van der Waals surface area contributed by atoms with Crippen LogP contribution in [-0.2, 0) is 0 Å². The Bertz CT molecular complexity index is 710. The fraction of sp³-hybridized carbons (Fsp3) is 0.250. The smallest absolute Gasteiger partial charge is 0.345 e. The first-order chi connectivity index (χ1) is 11.0. The molecule has 1 aromatic heterocycles. The first-order valence-electron chi connectivity index (χ1n) is 7.09. The van der Waals surface area contributed by atoms with E-state index in [4.69, 9.17) is 14.6 Å². The molecule has 0 aliphatic carbocycles. The van der Waals surface area contributed by atoms with Gasteiger partial charge in [-0.15, -0.1) is 11.3 Å². The van der Waals surface area contributed by atoms with Crippen molar-refractivity contribution in [3.63, 3.8) is 0 Å². The highest BCUT2D eigenvalue weighted by molar-refractivity contribution is 7.15. The third-order valence-corrected chi connectivity index (χ3v) is 3.92. The Morgan fingerprint density at radius 1 is 1.09 bits per heavy atom. The van der Waals surface area contributed by atoms with E-state index < -0.39 is 11.9 Å². The molecule has 122 valence electrons. The lowest BCUT2D eigenvalue weighted by Gasteiger charge is -2.13. The van der Waals surface area contributed by atoms with Gasteiger partial charge in [-0.1, -0.05) is 0 Å². The van der Waals surface area contributed by atoms with Crippen LogP contribution >= 0.6 is 11.3 Å². The second-order valence-electron chi connectivity index (χ2n) is 4.45. The van der Waals surface area contributed by atoms with Crippen LogP contribution in [0, 0.1) is 0 Å². The van der Waals surface area contributed by atoms with Gasteiger partial charge in [-0.05, 0) is 38.1 Å². The molecule has 6 nitrogen and oxygen atoms in total. The summed E-state index contributed by atoms with van der Waals surface area (Å²) in [6.45, 7) is 4.68. The SMILES string of the molecule is CCOc1ccc(OCC)c(NC(=O)c2ccc(C(=O)O)s2)c1. The monoisotopic (exact) mass is 335 g/mol. The van der Waals surface area contributed by atoms with E-state index in [9.17, 15) is 9.59 Å². The molecule has 0 bridgehead atoms. The molecular weight excluding hydrogens is 318 g/mol. The molecule has 0 aliphatic rings. The molecule has 0 unspecified atom stereocenters. The van der Waals surface area contributed by atoms with Crippen LogP contribution in [0.2, 0.25) is 0 Å². The molecule has 23 heavy (non-hydrogen) atoms. The van der Waals surface area contributed by atoms with Gasteiger partial charge in [0.1, 0.15) is 16.4 Å². The molecule has 2 rings (SSSR count). The standard InChI is InChI=1S/C16H17NO5S/c1-3-21-10-5-6-12(22-4-2)11(9-10)17-15(18)13-7-8-14(23-13)16(19)20/h5-9H,3-4H2,1-2H3,(H,17,18)(H,19,20). The zero-order valence-corrected chi connectivity index (χ0v) is 13.6. The molecule has 0 aliphatic heterocycles. The third-order valence-electron chi connectivity index (χ3n) is 2.85. The van der Waals surface area contributed by atoms with Crippen molar-refractivity contribution in [3.8, 4) is 11.5 Å². The maximum Gasteiger partial charge on any atom is 0.345 e. The second-order valence-corrected chi connectivity index (χ2v) is 5.53. The number of amides is 1. The first kappa shape index (κ1) is 16.8. The Kier molecular flexibility index (Phi) is 5.59. The van der Waals surface area contributed by atoms with Crippen molar-refractivity contribution >= 4 is 28.9 Å². The van der Waals surface area contributed by atoms with Crippen molar-refractivity contribution in [3.05, 3.63) is 40.1 Å². The Morgan fingerprint density at radius 2 is 1.78 bits per heavy atom. The molecule has 1 aromatic carbocycles. The molecule has 0 radical (unpaired) electrons. The highest BCUT2D eigenvalue weighted by Gasteiger charge is 2.15. The highest BCUT2D eigenvalue weighted by atomic mass is 32.1. The molecule has 0 fully saturated rings. The number of ether oxygens (including phenoxy) is 2. The summed E-state index contributed by atoms with van der Waals surface area (Å²) in [6.07, 6.45) is 0. The fourth-order valence-corrected chi connectivity index (χ4v) is 2.64. The summed E-state index contributed by atoms with van der Waals surface area (Å²) in [6, 6.07) is 8.05. The number of carboxylic acids is 1.